The van der Waals surface area contributed by atoms with E-state index in [1.54, 1.807) is 4.90 Å². The van der Waals surface area contributed by atoms with Gasteiger partial charge in [-0.3, -0.25) is 4.79 Å². The van der Waals surface area contributed by atoms with Gasteiger partial charge in [-0.25, -0.2) is 15.8 Å². The summed E-state index contributed by atoms with van der Waals surface area (Å²) in [5.74, 6) is 5.67. The molecule has 0 saturated heterocycles. The van der Waals surface area contributed by atoms with Crippen LogP contribution < -0.4 is 11.3 Å². The minimum Gasteiger partial charge on any atom is -0.336 e. The summed E-state index contributed by atoms with van der Waals surface area (Å²) in [6, 6.07) is 2.04. The van der Waals surface area contributed by atoms with E-state index in [1.807, 2.05) is 19.9 Å². The molecule has 1 aromatic heterocycles. The first-order chi connectivity index (χ1) is 9.08. The number of aromatic nitrogens is 2. The lowest BCUT2D eigenvalue weighted by atomic mass is 10.2. The second kappa shape index (κ2) is 7.28. The molecule has 102 valence electrons. The Kier molecular flexibility index (Phi) is 5.70. The van der Waals surface area contributed by atoms with Crippen molar-refractivity contribution < 1.29 is 4.79 Å². The van der Waals surface area contributed by atoms with Crippen LogP contribution in [0.1, 0.15) is 30.8 Å². The van der Waals surface area contributed by atoms with E-state index in [0.29, 0.717) is 31.2 Å². The van der Waals surface area contributed by atoms with Crippen LogP contribution in [0.4, 0.5) is 5.82 Å². The van der Waals surface area contributed by atoms with Gasteiger partial charge in [-0.2, -0.15) is 5.26 Å². The molecular formula is C12H18N6O. The molecular weight excluding hydrogens is 244 g/mol. The van der Waals surface area contributed by atoms with Crippen molar-refractivity contribution in [2.75, 3.05) is 18.5 Å². The van der Waals surface area contributed by atoms with E-state index in [-0.39, 0.29) is 11.6 Å². The van der Waals surface area contributed by atoms with E-state index in [9.17, 15) is 4.79 Å². The monoisotopic (exact) mass is 262 g/mol. The minimum absolute atomic E-state index is 0.222. The standard InChI is InChI=1S/C12H18N6O/c1-9(2)8-18(5-3-4-13)12(19)10-6-16-11(17-14)7-15-10/h6-7,9H,3,5,8,14H2,1-2H3,(H,16,17). The van der Waals surface area contributed by atoms with Crippen molar-refractivity contribution in [3.63, 3.8) is 0 Å². The fraction of sp³-hybridized carbons (Fsp3) is 0.500. The van der Waals surface area contributed by atoms with Crippen molar-refractivity contribution in [3.8, 4) is 6.07 Å². The number of hydrogen-bond donors (Lipinski definition) is 2. The molecule has 7 nitrogen and oxygen atoms in total. The summed E-state index contributed by atoms with van der Waals surface area (Å²) in [5, 5.41) is 8.63. The number of rotatable bonds is 6. The summed E-state index contributed by atoms with van der Waals surface area (Å²) in [6.07, 6.45) is 3.07. The first-order valence-electron chi connectivity index (χ1n) is 6.03. The molecule has 0 atom stereocenters. The van der Waals surface area contributed by atoms with Gasteiger partial charge in [-0.15, -0.1) is 0 Å². The van der Waals surface area contributed by atoms with Crippen molar-refractivity contribution in [2.24, 2.45) is 11.8 Å². The molecule has 0 aromatic carbocycles. The number of hydrogen-bond acceptors (Lipinski definition) is 6. The molecule has 0 bridgehead atoms. The quantitative estimate of drug-likeness (QED) is 0.579. The number of nitrogens with zero attached hydrogens (tertiary/aromatic N) is 4. The maximum Gasteiger partial charge on any atom is 0.274 e. The topological polar surface area (TPSA) is 108 Å². The highest BCUT2D eigenvalue weighted by Gasteiger charge is 2.18. The summed E-state index contributed by atoms with van der Waals surface area (Å²) < 4.78 is 0. The molecule has 7 heteroatoms. The number of nitrogens with two attached hydrogens (primary N) is 1. The number of amides is 1. The third kappa shape index (κ3) is 4.52. The van der Waals surface area contributed by atoms with Gasteiger partial charge in [0, 0.05) is 13.1 Å². The highest BCUT2D eigenvalue weighted by atomic mass is 16.2. The van der Waals surface area contributed by atoms with Gasteiger partial charge in [0.15, 0.2) is 5.82 Å². The van der Waals surface area contributed by atoms with Crippen molar-refractivity contribution in [2.45, 2.75) is 20.3 Å². The fourth-order valence-electron chi connectivity index (χ4n) is 1.58. The molecule has 0 aliphatic carbocycles. The van der Waals surface area contributed by atoms with Crippen LogP contribution in [-0.2, 0) is 0 Å². The second-order valence-corrected chi connectivity index (χ2v) is 4.48. The van der Waals surface area contributed by atoms with Crippen molar-refractivity contribution >= 4 is 11.7 Å². The molecule has 0 aliphatic rings. The molecule has 0 saturated carbocycles. The zero-order chi connectivity index (χ0) is 14.3. The predicted molar refractivity (Wildman–Crippen MR) is 70.8 cm³/mol. The zero-order valence-electron chi connectivity index (χ0n) is 11.1. The first-order valence-corrected chi connectivity index (χ1v) is 6.03. The highest BCUT2D eigenvalue weighted by molar-refractivity contribution is 5.92. The van der Waals surface area contributed by atoms with Crippen LogP contribution in [0, 0.1) is 17.2 Å². The van der Waals surface area contributed by atoms with E-state index in [0.717, 1.165) is 0 Å². The molecule has 19 heavy (non-hydrogen) atoms. The number of carbonyl (C=O) groups excluding carboxylic acids is 1. The minimum atomic E-state index is -0.222. The maximum atomic E-state index is 12.2. The molecule has 0 radical (unpaired) electrons. The predicted octanol–water partition coefficient (Wildman–Crippen LogP) is 0.774. The van der Waals surface area contributed by atoms with Crippen molar-refractivity contribution in [3.05, 3.63) is 18.1 Å². The number of nitrogens with one attached hydrogen (secondary N) is 1. The molecule has 0 aliphatic heterocycles. The number of nitriles is 1. The number of hydrazine groups is 1. The SMILES string of the molecule is CC(C)CN(CCC#N)C(=O)c1cnc(NN)cn1. The number of nitrogen functional groups attached to an aromatic ring is 1. The lowest BCUT2D eigenvalue weighted by Gasteiger charge is -2.23. The fourth-order valence-corrected chi connectivity index (χ4v) is 1.58. The van der Waals surface area contributed by atoms with Crippen LogP contribution in [0.5, 0.6) is 0 Å². The van der Waals surface area contributed by atoms with Gasteiger partial charge in [-0.05, 0) is 5.92 Å². The van der Waals surface area contributed by atoms with Gasteiger partial charge in [0.25, 0.3) is 5.91 Å². The smallest absolute Gasteiger partial charge is 0.274 e. The van der Waals surface area contributed by atoms with E-state index in [2.05, 4.69) is 15.4 Å². The van der Waals surface area contributed by atoms with Gasteiger partial charge >= 0.3 is 0 Å². The number of carbonyl (C=O) groups is 1. The van der Waals surface area contributed by atoms with Crippen LogP contribution in [-0.4, -0.2) is 33.9 Å². The van der Waals surface area contributed by atoms with Crippen LogP contribution in [0.3, 0.4) is 0 Å². The Balaban J connectivity index is 2.81. The van der Waals surface area contributed by atoms with Crippen LogP contribution in [0.25, 0.3) is 0 Å². The molecule has 1 heterocycles. The molecule has 3 N–H and O–H groups in total. The highest BCUT2D eigenvalue weighted by Crippen LogP contribution is 2.07. The van der Waals surface area contributed by atoms with Gasteiger partial charge in [0.05, 0.1) is 24.9 Å². The summed E-state index contributed by atoms with van der Waals surface area (Å²) in [7, 11) is 0. The Morgan fingerprint density at radius 3 is 2.74 bits per heavy atom. The third-order valence-electron chi connectivity index (χ3n) is 2.39. The van der Waals surface area contributed by atoms with Crippen LogP contribution in [0.2, 0.25) is 0 Å². The Hall–Kier alpha value is -2.20. The summed E-state index contributed by atoms with van der Waals surface area (Å²) in [4.78, 5) is 21.8. The molecule has 0 spiro atoms. The maximum absolute atomic E-state index is 12.2. The van der Waals surface area contributed by atoms with Gasteiger partial charge < -0.3 is 10.3 Å². The largest absolute Gasteiger partial charge is 0.336 e. The van der Waals surface area contributed by atoms with Crippen molar-refractivity contribution in [1.29, 1.82) is 5.26 Å². The van der Waals surface area contributed by atoms with Gasteiger partial charge in [0.1, 0.15) is 5.69 Å². The second-order valence-electron chi connectivity index (χ2n) is 4.48. The molecule has 0 unspecified atom stereocenters. The number of anilines is 1. The molecule has 1 amide bonds. The summed E-state index contributed by atoms with van der Waals surface area (Å²) in [5.41, 5.74) is 2.60. The summed E-state index contributed by atoms with van der Waals surface area (Å²) >= 11 is 0. The first kappa shape index (κ1) is 14.9. The average molecular weight is 262 g/mol. The average Bonchev–Trinajstić information content (AvgIpc) is 2.42. The Morgan fingerprint density at radius 1 is 1.53 bits per heavy atom. The summed E-state index contributed by atoms with van der Waals surface area (Å²) in [6.45, 7) is 5.00. The van der Waals surface area contributed by atoms with E-state index in [1.165, 1.54) is 12.4 Å². The molecule has 1 aromatic rings. The Bertz CT molecular complexity index is 450. The van der Waals surface area contributed by atoms with Gasteiger partial charge in [-0.1, -0.05) is 13.8 Å². The van der Waals surface area contributed by atoms with Gasteiger partial charge in [0.2, 0.25) is 0 Å². The lowest BCUT2D eigenvalue weighted by Crippen LogP contribution is -2.35. The third-order valence-corrected chi connectivity index (χ3v) is 2.39. The Morgan fingerprint density at radius 2 is 2.26 bits per heavy atom. The van der Waals surface area contributed by atoms with E-state index >= 15 is 0 Å². The molecule has 0 fully saturated rings. The van der Waals surface area contributed by atoms with E-state index < -0.39 is 0 Å². The Labute approximate surface area is 112 Å². The lowest BCUT2D eigenvalue weighted by molar-refractivity contribution is 0.0733. The molecule has 1 rings (SSSR count). The van der Waals surface area contributed by atoms with Crippen molar-refractivity contribution in [1.82, 2.24) is 14.9 Å². The van der Waals surface area contributed by atoms with Crippen LogP contribution >= 0.6 is 0 Å². The van der Waals surface area contributed by atoms with Crippen LogP contribution in [0.15, 0.2) is 12.4 Å². The normalized spacial score (nSPS) is 10.1. The zero-order valence-corrected chi connectivity index (χ0v) is 11.1. The van der Waals surface area contributed by atoms with E-state index in [4.69, 9.17) is 11.1 Å².